The van der Waals surface area contributed by atoms with Gasteiger partial charge in [-0.15, -0.1) is 15.3 Å². The molecular formula is C16H20N6. The first-order valence-electron chi connectivity index (χ1n) is 7.21. The second-order valence-electron chi connectivity index (χ2n) is 5.63. The molecule has 6 heteroatoms. The highest BCUT2D eigenvalue weighted by atomic mass is 15.4. The predicted octanol–water partition coefficient (Wildman–Crippen LogP) is 2.14. The molecule has 0 saturated heterocycles. The standard InChI is InChI=1S/C16H20N6/c1-12-17-18-15-8-9-16(19-22(12)15)21(4)11-13-6-5-7-14(10-13)20(2)3/h5-10H,11H2,1-4H3. The molecule has 0 radical (unpaired) electrons. The SMILES string of the molecule is Cc1nnc2ccc(N(C)Cc3cccc(N(C)C)c3)nn12. The third-order valence-corrected chi connectivity index (χ3v) is 3.64. The molecule has 0 saturated carbocycles. The zero-order valence-electron chi connectivity index (χ0n) is 13.4. The summed E-state index contributed by atoms with van der Waals surface area (Å²) in [6.07, 6.45) is 0. The van der Waals surface area contributed by atoms with Crippen LogP contribution in [-0.2, 0) is 6.54 Å². The number of fused-ring (bicyclic) bond motifs is 1. The maximum absolute atomic E-state index is 4.60. The fourth-order valence-corrected chi connectivity index (χ4v) is 2.38. The van der Waals surface area contributed by atoms with Crippen LogP contribution in [0, 0.1) is 6.92 Å². The monoisotopic (exact) mass is 296 g/mol. The molecule has 114 valence electrons. The van der Waals surface area contributed by atoms with Gasteiger partial charge in [0, 0.05) is 33.4 Å². The summed E-state index contributed by atoms with van der Waals surface area (Å²) in [5, 5.41) is 12.7. The van der Waals surface area contributed by atoms with Crippen molar-refractivity contribution in [2.24, 2.45) is 0 Å². The first kappa shape index (κ1) is 14.3. The lowest BCUT2D eigenvalue weighted by atomic mass is 10.2. The quantitative estimate of drug-likeness (QED) is 0.738. The third-order valence-electron chi connectivity index (χ3n) is 3.64. The second-order valence-corrected chi connectivity index (χ2v) is 5.63. The van der Waals surface area contributed by atoms with E-state index in [2.05, 4.69) is 49.4 Å². The van der Waals surface area contributed by atoms with Gasteiger partial charge in [0.05, 0.1) is 0 Å². The minimum Gasteiger partial charge on any atom is -0.378 e. The Labute approximate surface area is 130 Å². The molecule has 0 aliphatic rings. The number of anilines is 2. The minimum atomic E-state index is 0.768. The van der Waals surface area contributed by atoms with Crippen molar-refractivity contribution < 1.29 is 0 Å². The molecule has 1 aromatic carbocycles. The summed E-state index contributed by atoms with van der Waals surface area (Å²) in [5.41, 5.74) is 3.21. The maximum atomic E-state index is 4.60. The summed E-state index contributed by atoms with van der Waals surface area (Å²) >= 11 is 0. The van der Waals surface area contributed by atoms with Gasteiger partial charge in [-0.3, -0.25) is 0 Å². The van der Waals surface area contributed by atoms with E-state index in [9.17, 15) is 0 Å². The van der Waals surface area contributed by atoms with Crippen molar-refractivity contribution in [1.82, 2.24) is 19.8 Å². The fraction of sp³-hybridized carbons (Fsp3) is 0.312. The Bertz CT molecular complexity index is 792. The van der Waals surface area contributed by atoms with Gasteiger partial charge in [-0.1, -0.05) is 12.1 Å². The molecule has 6 nitrogen and oxygen atoms in total. The van der Waals surface area contributed by atoms with Crippen molar-refractivity contribution in [3.63, 3.8) is 0 Å². The summed E-state index contributed by atoms with van der Waals surface area (Å²) in [7, 11) is 6.14. The van der Waals surface area contributed by atoms with Crippen LogP contribution in [0.1, 0.15) is 11.4 Å². The lowest BCUT2D eigenvalue weighted by Gasteiger charge is -2.20. The van der Waals surface area contributed by atoms with E-state index in [-0.39, 0.29) is 0 Å². The van der Waals surface area contributed by atoms with Gasteiger partial charge in [0.25, 0.3) is 0 Å². The molecule has 3 rings (SSSR count). The number of rotatable bonds is 4. The molecule has 2 heterocycles. The molecule has 0 atom stereocenters. The molecule has 0 unspecified atom stereocenters. The molecule has 3 aromatic rings. The highest BCUT2D eigenvalue weighted by Crippen LogP contribution is 2.17. The first-order valence-corrected chi connectivity index (χ1v) is 7.21. The summed E-state index contributed by atoms with van der Waals surface area (Å²) in [5.74, 6) is 1.69. The number of aromatic nitrogens is 4. The number of hydrogen-bond donors (Lipinski definition) is 0. The summed E-state index contributed by atoms with van der Waals surface area (Å²) in [6.45, 7) is 2.69. The van der Waals surface area contributed by atoms with Crippen LogP contribution in [0.3, 0.4) is 0 Å². The van der Waals surface area contributed by atoms with Gasteiger partial charge in [0.2, 0.25) is 0 Å². The van der Waals surface area contributed by atoms with Gasteiger partial charge in [0.15, 0.2) is 11.5 Å². The molecule has 0 amide bonds. The van der Waals surface area contributed by atoms with E-state index < -0.39 is 0 Å². The van der Waals surface area contributed by atoms with Crippen molar-refractivity contribution in [2.45, 2.75) is 13.5 Å². The second kappa shape index (κ2) is 5.63. The minimum absolute atomic E-state index is 0.768. The van der Waals surface area contributed by atoms with Crippen molar-refractivity contribution in [2.75, 3.05) is 30.9 Å². The highest BCUT2D eigenvalue weighted by molar-refractivity contribution is 5.49. The van der Waals surface area contributed by atoms with Gasteiger partial charge >= 0.3 is 0 Å². The van der Waals surface area contributed by atoms with Crippen LogP contribution in [0.5, 0.6) is 0 Å². The van der Waals surface area contributed by atoms with E-state index in [1.807, 2.05) is 40.2 Å². The van der Waals surface area contributed by atoms with Crippen molar-refractivity contribution >= 4 is 17.2 Å². The molecule has 22 heavy (non-hydrogen) atoms. The van der Waals surface area contributed by atoms with E-state index in [0.717, 1.165) is 23.8 Å². The van der Waals surface area contributed by atoms with Crippen LogP contribution in [0.4, 0.5) is 11.5 Å². The summed E-state index contributed by atoms with van der Waals surface area (Å²) in [6, 6.07) is 12.4. The molecule has 0 fully saturated rings. The first-order chi connectivity index (χ1) is 10.5. The van der Waals surface area contributed by atoms with Gasteiger partial charge in [-0.05, 0) is 36.8 Å². The number of nitrogens with zero attached hydrogens (tertiary/aromatic N) is 6. The average Bonchev–Trinajstić information content (AvgIpc) is 2.88. The number of hydrogen-bond acceptors (Lipinski definition) is 5. The lowest BCUT2D eigenvalue weighted by molar-refractivity contribution is 0.819. The van der Waals surface area contributed by atoms with Gasteiger partial charge in [-0.2, -0.15) is 4.52 Å². The number of aryl methyl sites for hydroxylation is 1. The third kappa shape index (κ3) is 2.72. The van der Waals surface area contributed by atoms with E-state index in [1.165, 1.54) is 11.3 Å². The van der Waals surface area contributed by atoms with E-state index in [4.69, 9.17) is 0 Å². The lowest BCUT2D eigenvalue weighted by Crippen LogP contribution is -2.19. The Balaban J connectivity index is 1.84. The largest absolute Gasteiger partial charge is 0.378 e. The van der Waals surface area contributed by atoms with Gasteiger partial charge in [0.1, 0.15) is 5.82 Å². The van der Waals surface area contributed by atoms with Crippen molar-refractivity contribution in [3.8, 4) is 0 Å². The van der Waals surface area contributed by atoms with E-state index >= 15 is 0 Å². The molecule has 0 bridgehead atoms. The highest BCUT2D eigenvalue weighted by Gasteiger charge is 2.08. The van der Waals surface area contributed by atoms with Crippen LogP contribution in [-0.4, -0.2) is 41.0 Å². The van der Waals surface area contributed by atoms with Crippen LogP contribution in [0.15, 0.2) is 36.4 Å². The van der Waals surface area contributed by atoms with Crippen molar-refractivity contribution in [3.05, 3.63) is 47.8 Å². The summed E-state index contributed by atoms with van der Waals surface area (Å²) < 4.78 is 1.77. The zero-order chi connectivity index (χ0) is 15.7. The van der Waals surface area contributed by atoms with Gasteiger partial charge in [-0.25, -0.2) is 0 Å². The Morgan fingerprint density at radius 2 is 1.86 bits per heavy atom. The maximum Gasteiger partial charge on any atom is 0.178 e. The fourth-order valence-electron chi connectivity index (χ4n) is 2.38. The van der Waals surface area contributed by atoms with Gasteiger partial charge < -0.3 is 9.80 Å². The smallest absolute Gasteiger partial charge is 0.178 e. The van der Waals surface area contributed by atoms with E-state index in [1.54, 1.807) is 4.52 Å². The molecular weight excluding hydrogens is 276 g/mol. The Kier molecular flexibility index (Phi) is 3.66. The normalized spacial score (nSPS) is 10.9. The molecule has 0 aliphatic carbocycles. The number of benzene rings is 1. The van der Waals surface area contributed by atoms with Crippen molar-refractivity contribution in [1.29, 1.82) is 0 Å². The Morgan fingerprint density at radius 1 is 1.05 bits per heavy atom. The molecule has 0 spiro atoms. The Morgan fingerprint density at radius 3 is 2.64 bits per heavy atom. The van der Waals surface area contributed by atoms with Crippen LogP contribution in [0.25, 0.3) is 5.65 Å². The predicted molar refractivity (Wildman–Crippen MR) is 88.4 cm³/mol. The average molecular weight is 296 g/mol. The summed E-state index contributed by atoms with van der Waals surface area (Å²) in [4.78, 5) is 4.22. The Hall–Kier alpha value is -2.63. The molecule has 2 aromatic heterocycles. The van der Waals surface area contributed by atoms with Crippen LogP contribution < -0.4 is 9.80 Å². The van der Waals surface area contributed by atoms with Crippen LogP contribution >= 0.6 is 0 Å². The molecule has 0 N–H and O–H groups in total. The zero-order valence-corrected chi connectivity index (χ0v) is 13.4. The molecule has 0 aliphatic heterocycles. The van der Waals surface area contributed by atoms with E-state index in [0.29, 0.717) is 0 Å². The topological polar surface area (TPSA) is 49.6 Å². The van der Waals surface area contributed by atoms with Crippen LogP contribution in [0.2, 0.25) is 0 Å².